The van der Waals surface area contributed by atoms with Gasteiger partial charge in [-0.15, -0.1) is 11.3 Å². The third-order valence-electron chi connectivity index (χ3n) is 3.40. The van der Waals surface area contributed by atoms with E-state index in [1.165, 1.54) is 28.6 Å². The normalized spacial score (nSPS) is 16.4. The molecular formula is C14H20INOS. The number of hydrogen-bond donors (Lipinski definition) is 0. The van der Waals surface area contributed by atoms with Crippen LogP contribution in [0.2, 0.25) is 0 Å². The van der Waals surface area contributed by atoms with Crippen molar-refractivity contribution in [2.24, 2.45) is 5.92 Å². The van der Waals surface area contributed by atoms with E-state index < -0.39 is 0 Å². The fourth-order valence-electron chi connectivity index (χ4n) is 2.60. The van der Waals surface area contributed by atoms with Crippen molar-refractivity contribution in [1.82, 2.24) is 4.90 Å². The molecular weight excluding hydrogens is 357 g/mol. The third kappa shape index (κ3) is 3.47. The number of nitrogens with zero attached hydrogens (tertiary/aromatic N) is 1. The molecule has 2 nitrogen and oxygen atoms in total. The summed E-state index contributed by atoms with van der Waals surface area (Å²) < 4.78 is 1.19. The Hall–Kier alpha value is -0.100. The Kier molecular flexibility index (Phi) is 5.06. The molecule has 1 heterocycles. The van der Waals surface area contributed by atoms with E-state index in [-0.39, 0.29) is 5.91 Å². The fraction of sp³-hybridized carbons (Fsp3) is 0.643. The molecule has 0 spiro atoms. The number of carbonyl (C=O) groups is 1. The lowest BCUT2D eigenvalue weighted by Gasteiger charge is -2.30. The fourth-order valence-corrected chi connectivity index (χ4v) is 3.92. The van der Waals surface area contributed by atoms with E-state index in [4.69, 9.17) is 0 Å². The van der Waals surface area contributed by atoms with E-state index in [9.17, 15) is 4.79 Å². The van der Waals surface area contributed by atoms with Gasteiger partial charge in [0.1, 0.15) is 0 Å². The summed E-state index contributed by atoms with van der Waals surface area (Å²) in [6.07, 6.45) is 4.90. The van der Waals surface area contributed by atoms with Crippen LogP contribution in [0.5, 0.6) is 0 Å². The van der Waals surface area contributed by atoms with Gasteiger partial charge in [0.15, 0.2) is 0 Å². The highest BCUT2D eigenvalue weighted by atomic mass is 127. The van der Waals surface area contributed by atoms with Gasteiger partial charge >= 0.3 is 0 Å². The lowest BCUT2D eigenvalue weighted by Crippen LogP contribution is -2.41. The van der Waals surface area contributed by atoms with Gasteiger partial charge in [0.25, 0.3) is 5.91 Å². The minimum Gasteiger partial charge on any atom is -0.335 e. The van der Waals surface area contributed by atoms with Crippen LogP contribution in [0, 0.1) is 8.80 Å². The van der Waals surface area contributed by atoms with E-state index in [1.807, 2.05) is 11.4 Å². The average Bonchev–Trinajstić information content (AvgIpc) is 2.95. The molecule has 0 aliphatic heterocycles. The molecule has 1 aromatic rings. The highest BCUT2D eigenvalue weighted by Gasteiger charge is 2.28. The number of halogens is 1. The van der Waals surface area contributed by atoms with Crippen molar-refractivity contribution >= 4 is 39.8 Å². The summed E-state index contributed by atoms with van der Waals surface area (Å²) >= 11 is 3.93. The van der Waals surface area contributed by atoms with Crippen molar-refractivity contribution in [2.45, 2.75) is 45.6 Å². The molecule has 0 aromatic carbocycles. The molecule has 0 unspecified atom stereocenters. The van der Waals surface area contributed by atoms with Crippen LogP contribution in [0.1, 0.15) is 49.9 Å². The lowest BCUT2D eigenvalue weighted by atomic mass is 10.1. The molecule has 0 saturated heterocycles. The molecule has 1 fully saturated rings. The monoisotopic (exact) mass is 377 g/mol. The molecule has 0 N–H and O–H groups in total. The van der Waals surface area contributed by atoms with Gasteiger partial charge in [-0.3, -0.25) is 4.79 Å². The van der Waals surface area contributed by atoms with Crippen LogP contribution in [0.25, 0.3) is 0 Å². The number of hydrogen-bond acceptors (Lipinski definition) is 2. The SMILES string of the molecule is CC(C)CN(C(=O)c1csc(I)c1)C1CCCC1. The van der Waals surface area contributed by atoms with Crippen molar-refractivity contribution in [3.8, 4) is 0 Å². The molecule has 1 saturated carbocycles. The number of carbonyl (C=O) groups excluding carboxylic acids is 1. The Bertz CT molecular complexity index is 410. The molecule has 1 aliphatic rings. The quantitative estimate of drug-likeness (QED) is 0.713. The van der Waals surface area contributed by atoms with Crippen LogP contribution in [0.4, 0.5) is 0 Å². The second-order valence-electron chi connectivity index (χ2n) is 5.43. The molecule has 1 aliphatic carbocycles. The maximum absolute atomic E-state index is 12.6. The third-order valence-corrected chi connectivity index (χ3v) is 5.19. The van der Waals surface area contributed by atoms with Gasteiger partial charge in [0, 0.05) is 18.0 Å². The minimum absolute atomic E-state index is 0.231. The van der Waals surface area contributed by atoms with Gasteiger partial charge in [0.05, 0.1) is 8.45 Å². The lowest BCUT2D eigenvalue weighted by molar-refractivity contribution is 0.0656. The second-order valence-corrected chi connectivity index (χ2v) is 8.23. The van der Waals surface area contributed by atoms with Crippen LogP contribution in [0.15, 0.2) is 11.4 Å². The standard InChI is InChI=1S/C14H20INOS/c1-10(2)8-16(12-5-3-4-6-12)14(17)11-7-13(15)18-9-11/h7,9-10,12H,3-6,8H2,1-2H3. The topological polar surface area (TPSA) is 20.3 Å². The van der Waals surface area contributed by atoms with Gasteiger partial charge in [-0.2, -0.15) is 0 Å². The van der Waals surface area contributed by atoms with Crippen molar-refractivity contribution in [1.29, 1.82) is 0 Å². The molecule has 0 bridgehead atoms. The van der Waals surface area contributed by atoms with E-state index >= 15 is 0 Å². The van der Waals surface area contributed by atoms with E-state index in [0.29, 0.717) is 12.0 Å². The number of thiophene rings is 1. The Morgan fingerprint density at radius 2 is 2.17 bits per heavy atom. The number of amides is 1. The van der Waals surface area contributed by atoms with Gasteiger partial charge in [0.2, 0.25) is 0 Å². The summed E-state index contributed by atoms with van der Waals surface area (Å²) in [5.41, 5.74) is 0.872. The largest absolute Gasteiger partial charge is 0.335 e. The average molecular weight is 377 g/mol. The predicted octanol–water partition coefficient (Wildman–Crippen LogP) is 4.39. The Labute approximate surface area is 127 Å². The van der Waals surface area contributed by atoms with Crippen LogP contribution < -0.4 is 0 Å². The zero-order chi connectivity index (χ0) is 13.1. The smallest absolute Gasteiger partial charge is 0.254 e. The van der Waals surface area contributed by atoms with Crippen LogP contribution in [-0.4, -0.2) is 23.4 Å². The van der Waals surface area contributed by atoms with Crippen LogP contribution in [-0.2, 0) is 0 Å². The first-order valence-corrected chi connectivity index (χ1v) is 8.58. The predicted molar refractivity (Wildman–Crippen MR) is 85.2 cm³/mol. The molecule has 1 amide bonds. The molecule has 0 radical (unpaired) electrons. The minimum atomic E-state index is 0.231. The highest BCUT2D eigenvalue weighted by Crippen LogP contribution is 2.27. The molecule has 2 rings (SSSR count). The first kappa shape index (κ1) is 14.3. The summed E-state index contributed by atoms with van der Waals surface area (Å²) in [7, 11) is 0. The van der Waals surface area contributed by atoms with Crippen LogP contribution >= 0.6 is 33.9 Å². The van der Waals surface area contributed by atoms with E-state index in [0.717, 1.165) is 12.1 Å². The molecule has 18 heavy (non-hydrogen) atoms. The van der Waals surface area contributed by atoms with Gasteiger partial charge in [-0.05, 0) is 47.4 Å². The van der Waals surface area contributed by atoms with Crippen molar-refractivity contribution in [3.05, 3.63) is 19.9 Å². The maximum atomic E-state index is 12.6. The van der Waals surface area contributed by atoms with Crippen molar-refractivity contribution in [2.75, 3.05) is 6.54 Å². The second kappa shape index (κ2) is 6.37. The Morgan fingerprint density at radius 1 is 1.50 bits per heavy atom. The molecule has 0 atom stereocenters. The van der Waals surface area contributed by atoms with Gasteiger partial charge < -0.3 is 4.90 Å². The van der Waals surface area contributed by atoms with E-state index in [1.54, 1.807) is 11.3 Å². The summed E-state index contributed by atoms with van der Waals surface area (Å²) in [5, 5.41) is 1.99. The Balaban J connectivity index is 2.14. The zero-order valence-corrected chi connectivity index (χ0v) is 14.0. The Morgan fingerprint density at radius 3 is 2.67 bits per heavy atom. The highest BCUT2D eigenvalue weighted by molar-refractivity contribution is 14.1. The zero-order valence-electron chi connectivity index (χ0n) is 11.0. The molecule has 4 heteroatoms. The van der Waals surface area contributed by atoms with Crippen LogP contribution in [0.3, 0.4) is 0 Å². The summed E-state index contributed by atoms with van der Waals surface area (Å²) in [5.74, 6) is 0.766. The summed E-state index contributed by atoms with van der Waals surface area (Å²) in [6, 6.07) is 2.48. The van der Waals surface area contributed by atoms with Gasteiger partial charge in [-0.1, -0.05) is 26.7 Å². The summed E-state index contributed by atoms with van der Waals surface area (Å²) in [6.45, 7) is 5.26. The number of rotatable bonds is 4. The molecule has 1 aromatic heterocycles. The van der Waals surface area contributed by atoms with Crippen molar-refractivity contribution < 1.29 is 4.79 Å². The first-order valence-electron chi connectivity index (χ1n) is 6.63. The summed E-state index contributed by atoms with van der Waals surface area (Å²) in [4.78, 5) is 14.7. The van der Waals surface area contributed by atoms with Gasteiger partial charge in [-0.25, -0.2) is 0 Å². The molecule has 100 valence electrons. The van der Waals surface area contributed by atoms with Crippen molar-refractivity contribution in [3.63, 3.8) is 0 Å². The van der Waals surface area contributed by atoms with E-state index in [2.05, 4.69) is 41.3 Å². The first-order chi connectivity index (χ1) is 8.58. The maximum Gasteiger partial charge on any atom is 0.254 e.